The smallest absolute Gasteiger partial charge is 0.392 e. The van der Waals surface area contributed by atoms with E-state index in [-0.39, 0.29) is 17.4 Å². The molecule has 0 aliphatic carbocycles. The SMILES string of the molecule is CN(C)c1ccc2c(c1)CCN(c1cccc(-c3cc(Nc4cc(C(F)(F)F)on4)c(=O)n(C)c3)c1CO)C2=O. The molecule has 0 saturated heterocycles. The third kappa shape index (κ3) is 4.93. The number of benzene rings is 2. The van der Waals surface area contributed by atoms with E-state index in [1.807, 2.05) is 31.1 Å². The summed E-state index contributed by atoms with van der Waals surface area (Å²) in [6.07, 6.45) is -2.55. The van der Waals surface area contributed by atoms with Crippen LogP contribution >= 0.6 is 0 Å². The van der Waals surface area contributed by atoms with E-state index in [4.69, 9.17) is 0 Å². The Hall–Kier alpha value is -4.58. The number of carbonyl (C=O) groups is 1. The topological polar surface area (TPSA) is 104 Å². The number of aryl methyl sites for hydroxylation is 1. The molecule has 0 atom stereocenters. The average molecular weight is 554 g/mol. The fourth-order valence-corrected chi connectivity index (χ4v) is 4.80. The molecule has 1 aliphatic rings. The van der Waals surface area contributed by atoms with Crippen molar-refractivity contribution in [1.29, 1.82) is 0 Å². The number of carbonyl (C=O) groups excluding carboxylic acids is 1. The second-order valence-electron chi connectivity index (χ2n) is 9.66. The van der Waals surface area contributed by atoms with Crippen LogP contribution in [0.3, 0.4) is 0 Å². The summed E-state index contributed by atoms with van der Waals surface area (Å²) in [4.78, 5) is 29.9. The van der Waals surface area contributed by atoms with E-state index >= 15 is 0 Å². The van der Waals surface area contributed by atoms with Gasteiger partial charge in [-0.05, 0) is 47.9 Å². The van der Waals surface area contributed by atoms with E-state index in [9.17, 15) is 27.9 Å². The van der Waals surface area contributed by atoms with Crippen LogP contribution in [0, 0.1) is 0 Å². The third-order valence-electron chi connectivity index (χ3n) is 6.83. The van der Waals surface area contributed by atoms with Crippen LogP contribution in [0.2, 0.25) is 0 Å². The Morgan fingerprint density at radius 3 is 2.55 bits per heavy atom. The predicted octanol–water partition coefficient (Wildman–Crippen LogP) is 4.56. The van der Waals surface area contributed by atoms with Gasteiger partial charge in [-0.1, -0.05) is 17.3 Å². The highest BCUT2D eigenvalue weighted by Gasteiger charge is 2.36. The summed E-state index contributed by atoms with van der Waals surface area (Å²) in [5, 5.41) is 16.4. The number of anilines is 4. The highest BCUT2D eigenvalue weighted by atomic mass is 19.4. The average Bonchev–Trinajstić information content (AvgIpc) is 3.40. The van der Waals surface area contributed by atoms with Crippen LogP contribution in [0.25, 0.3) is 11.1 Å². The summed E-state index contributed by atoms with van der Waals surface area (Å²) in [6.45, 7) is 0.0124. The van der Waals surface area contributed by atoms with Crippen LogP contribution in [-0.2, 0) is 26.3 Å². The van der Waals surface area contributed by atoms with Gasteiger partial charge in [-0.3, -0.25) is 9.59 Å². The minimum atomic E-state index is -4.72. The molecule has 0 saturated carbocycles. The molecule has 12 heteroatoms. The summed E-state index contributed by atoms with van der Waals surface area (Å²) >= 11 is 0. The number of aliphatic hydroxyl groups is 1. The van der Waals surface area contributed by atoms with E-state index in [0.717, 1.165) is 11.3 Å². The largest absolute Gasteiger partial charge is 0.452 e. The lowest BCUT2D eigenvalue weighted by Crippen LogP contribution is -2.38. The molecule has 2 aromatic heterocycles. The minimum absolute atomic E-state index is 0.0454. The van der Waals surface area contributed by atoms with Gasteiger partial charge in [0, 0.05) is 62.3 Å². The van der Waals surface area contributed by atoms with Crippen molar-refractivity contribution in [3.05, 3.63) is 87.5 Å². The van der Waals surface area contributed by atoms with Gasteiger partial charge in [-0.2, -0.15) is 13.2 Å². The molecule has 0 spiro atoms. The number of rotatable bonds is 6. The number of nitrogens with zero attached hydrogens (tertiary/aromatic N) is 4. The van der Waals surface area contributed by atoms with Crippen molar-refractivity contribution < 1.29 is 27.6 Å². The Bertz CT molecular complexity index is 1660. The van der Waals surface area contributed by atoms with Gasteiger partial charge >= 0.3 is 6.18 Å². The number of aromatic nitrogens is 2. The molecule has 9 nitrogen and oxygen atoms in total. The summed E-state index contributed by atoms with van der Waals surface area (Å²) in [5.41, 5.74) is 4.02. The van der Waals surface area contributed by atoms with Crippen LogP contribution in [0.5, 0.6) is 0 Å². The number of halogens is 3. The fourth-order valence-electron chi connectivity index (χ4n) is 4.80. The van der Waals surface area contributed by atoms with Gasteiger partial charge in [0.15, 0.2) is 5.82 Å². The fraction of sp³-hybridized carbons (Fsp3) is 0.250. The van der Waals surface area contributed by atoms with Crippen molar-refractivity contribution in [1.82, 2.24) is 9.72 Å². The van der Waals surface area contributed by atoms with Crippen LogP contribution in [-0.4, -0.2) is 41.4 Å². The third-order valence-corrected chi connectivity index (χ3v) is 6.83. The van der Waals surface area contributed by atoms with Crippen molar-refractivity contribution in [3.8, 4) is 11.1 Å². The van der Waals surface area contributed by atoms with Crippen molar-refractivity contribution in [2.45, 2.75) is 19.2 Å². The van der Waals surface area contributed by atoms with Gasteiger partial charge in [0.2, 0.25) is 5.76 Å². The van der Waals surface area contributed by atoms with Crippen molar-refractivity contribution >= 4 is 28.8 Å². The Balaban J connectivity index is 1.52. The number of alkyl halides is 3. The monoisotopic (exact) mass is 553 g/mol. The zero-order valence-electron chi connectivity index (χ0n) is 21.9. The molecule has 5 rings (SSSR count). The Morgan fingerprint density at radius 2 is 1.88 bits per heavy atom. The Kier molecular flexibility index (Phi) is 6.88. The van der Waals surface area contributed by atoms with Crippen molar-refractivity contribution in [3.63, 3.8) is 0 Å². The predicted molar refractivity (Wildman–Crippen MR) is 144 cm³/mol. The molecule has 40 heavy (non-hydrogen) atoms. The first kappa shape index (κ1) is 27.0. The zero-order chi connectivity index (χ0) is 28.8. The first-order valence-electron chi connectivity index (χ1n) is 12.3. The zero-order valence-corrected chi connectivity index (χ0v) is 21.9. The highest BCUT2D eigenvalue weighted by molar-refractivity contribution is 6.09. The molecule has 3 heterocycles. The number of pyridine rings is 1. The minimum Gasteiger partial charge on any atom is -0.392 e. The number of hydrogen-bond donors (Lipinski definition) is 2. The normalized spacial score (nSPS) is 13.4. The van der Waals surface area contributed by atoms with Gasteiger partial charge < -0.3 is 29.3 Å². The van der Waals surface area contributed by atoms with Gasteiger partial charge in [0.25, 0.3) is 11.5 Å². The molecule has 1 aliphatic heterocycles. The number of amides is 1. The molecule has 2 N–H and O–H groups in total. The highest BCUT2D eigenvalue weighted by Crippen LogP contribution is 2.36. The van der Waals surface area contributed by atoms with E-state index < -0.39 is 24.1 Å². The lowest BCUT2D eigenvalue weighted by Gasteiger charge is -2.31. The van der Waals surface area contributed by atoms with E-state index in [1.165, 1.54) is 17.7 Å². The summed E-state index contributed by atoms with van der Waals surface area (Å²) in [5.74, 6) is -1.77. The first-order valence-corrected chi connectivity index (χ1v) is 12.3. The molecular formula is C28H26F3N5O4. The summed E-state index contributed by atoms with van der Waals surface area (Å²) in [7, 11) is 5.36. The molecule has 2 aromatic carbocycles. The molecule has 4 aromatic rings. The molecule has 0 unspecified atom stereocenters. The maximum Gasteiger partial charge on any atom is 0.452 e. The van der Waals surface area contributed by atoms with Crippen LogP contribution in [0.15, 0.2) is 64.0 Å². The lowest BCUT2D eigenvalue weighted by atomic mass is 9.94. The Morgan fingerprint density at radius 1 is 1.10 bits per heavy atom. The van der Waals surface area contributed by atoms with Crippen molar-refractivity contribution in [2.75, 3.05) is 35.8 Å². The quantitative estimate of drug-likeness (QED) is 0.361. The molecular weight excluding hydrogens is 527 g/mol. The van der Waals surface area contributed by atoms with E-state index in [2.05, 4.69) is 15.0 Å². The number of nitrogens with one attached hydrogen (secondary N) is 1. The molecule has 0 fully saturated rings. The second-order valence-corrected chi connectivity index (χ2v) is 9.66. The van der Waals surface area contributed by atoms with Gasteiger partial charge in [-0.15, -0.1) is 0 Å². The lowest BCUT2D eigenvalue weighted by molar-refractivity contribution is -0.155. The molecule has 1 amide bonds. The first-order chi connectivity index (χ1) is 19.0. The Labute approximate surface area is 227 Å². The molecule has 0 bridgehead atoms. The van der Waals surface area contributed by atoms with Gasteiger partial charge in [-0.25, -0.2) is 0 Å². The summed E-state index contributed by atoms with van der Waals surface area (Å²) < 4.78 is 44.4. The standard InChI is InChI=1S/C28H26F3N5O4/c1-34(2)18-7-8-20-16(11-18)9-10-36(26(20)38)23-6-4-5-19(21(23)15-37)17-12-22(27(39)35(3)14-17)32-25-13-24(40-33-25)28(29,30)31/h4-8,11-14,37H,9-10,15H2,1-3H3,(H,32,33). The maximum absolute atomic E-state index is 13.5. The number of hydrogen-bond acceptors (Lipinski definition) is 7. The second kappa shape index (κ2) is 10.2. The van der Waals surface area contributed by atoms with E-state index in [0.29, 0.717) is 47.0 Å². The number of fused-ring (bicyclic) bond motifs is 1. The van der Waals surface area contributed by atoms with Crippen molar-refractivity contribution in [2.24, 2.45) is 7.05 Å². The van der Waals surface area contributed by atoms with E-state index in [1.54, 1.807) is 35.4 Å². The number of aliphatic hydroxyl groups excluding tert-OH is 1. The maximum atomic E-state index is 13.5. The van der Waals surface area contributed by atoms with Crippen LogP contribution < -0.4 is 20.7 Å². The molecule has 0 radical (unpaired) electrons. The van der Waals surface area contributed by atoms with Crippen LogP contribution in [0.1, 0.15) is 27.2 Å². The van der Waals surface area contributed by atoms with Crippen LogP contribution in [0.4, 0.5) is 36.1 Å². The van der Waals surface area contributed by atoms with Gasteiger partial charge in [0.05, 0.1) is 12.3 Å². The van der Waals surface area contributed by atoms with Gasteiger partial charge in [0.1, 0.15) is 5.69 Å². The molecule has 208 valence electrons. The summed E-state index contributed by atoms with van der Waals surface area (Å²) in [6, 6.07) is 13.0.